The fourth-order valence-corrected chi connectivity index (χ4v) is 3.83. The van der Waals surface area contributed by atoms with Gasteiger partial charge in [-0.3, -0.25) is 0 Å². The van der Waals surface area contributed by atoms with Crippen LogP contribution in [0.2, 0.25) is 0 Å². The molecule has 0 saturated heterocycles. The Bertz CT molecular complexity index is 1060. The van der Waals surface area contributed by atoms with Gasteiger partial charge in [0.25, 0.3) is 0 Å². The number of halogens is 6. The summed E-state index contributed by atoms with van der Waals surface area (Å²) < 4.78 is 90.8. The normalized spacial score (nSPS) is 28.6. The second-order valence-corrected chi connectivity index (χ2v) is 6.80. The average Bonchev–Trinajstić information content (AvgIpc) is 2.87. The van der Waals surface area contributed by atoms with E-state index in [2.05, 4.69) is 0 Å². The number of alkyl halides is 5. The van der Waals surface area contributed by atoms with Crippen molar-refractivity contribution in [1.82, 2.24) is 0 Å². The molecule has 0 amide bonds. The van der Waals surface area contributed by atoms with E-state index in [4.69, 9.17) is 17.8 Å². The Kier molecular flexibility index (Phi) is 3.49. The van der Waals surface area contributed by atoms with Crippen LogP contribution in [0.3, 0.4) is 0 Å². The van der Waals surface area contributed by atoms with Crippen LogP contribution in [0, 0.1) is 17.1 Å². The molecular formula is C18H8BF6NO2. The van der Waals surface area contributed by atoms with Crippen molar-refractivity contribution in [2.24, 2.45) is 0 Å². The Hall–Kier alpha value is -2.67. The number of hydrogen-bond donors (Lipinski definition) is 1. The number of ether oxygens (including phenoxy) is 1. The van der Waals surface area contributed by atoms with E-state index in [1.807, 2.05) is 0 Å². The van der Waals surface area contributed by atoms with Gasteiger partial charge in [0.15, 0.2) is 5.60 Å². The summed E-state index contributed by atoms with van der Waals surface area (Å²) in [6.07, 6.45) is -1.52. The zero-order valence-electron chi connectivity index (χ0n) is 13.7. The SMILES string of the molecule is [B][C@]1(F)C[C@@]2(O)c3c(ccc(Oc4cc(F)cc(C#N)c4)c31)C(F)(F)C2(F)F. The first-order valence-corrected chi connectivity index (χ1v) is 7.88. The predicted molar refractivity (Wildman–Crippen MR) is 83.5 cm³/mol. The van der Waals surface area contributed by atoms with Gasteiger partial charge >= 0.3 is 11.8 Å². The number of nitrogens with zero attached hydrogens (tertiary/aromatic N) is 1. The minimum absolute atomic E-state index is 0.151. The maximum absolute atomic E-state index is 14.9. The molecule has 3 nitrogen and oxygen atoms in total. The first-order chi connectivity index (χ1) is 12.8. The van der Waals surface area contributed by atoms with Gasteiger partial charge in [0.05, 0.1) is 17.2 Å². The van der Waals surface area contributed by atoms with Crippen LogP contribution in [-0.4, -0.2) is 18.9 Å². The van der Waals surface area contributed by atoms with Crippen LogP contribution in [0.1, 0.15) is 28.7 Å². The van der Waals surface area contributed by atoms with Crippen LogP contribution in [0.5, 0.6) is 11.5 Å². The predicted octanol–water partition coefficient (Wildman–Crippen LogP) is 4.11. The van der Waals surface area contributed by atoms with Gasteiger partial charge < -0.3 is 9.84 Å². The first-order valence-electron chi connectivity index (χ1n) is 7.88. The molecule has 2 aromatic carbocycles. The van der Waals surface area contributed by atoms with Crippen molar-refractivity contribution in [3.05, 3.63) is 58.4 Å². The van der Waals surface area contributed by atoms with Crippen molar-refractivity contribution in [2.45, 2.75) is 29.4 Å². The van der Waals surface area contributed by atoms with Gasteiger partial charge in [-0.05, 0) is 24.3 Å². The van der Waals surface area contributed by atoms with Gasteiger partial charge in [0.2, 0.25) is 0 Å². The molecule has 4 rings (SSSR count). The highest BCUT2D eigenvalue weighted by molar-refractivity contribution is 6.16. The molecule has 0 heterocycles. The smallest absolute Gasteiger partial charge is 0.346 e. The number of rotatable bonds is 2. The van der Waals surface area contributed by atoms with E-state index in [9.17, 15) is 31.4 Å². The summed E-state index contributed by atoms with van der Waals surface area (Å²) in [7, 11) is 5.41. The molecule has 0 aromatic heterocycles. The lowest BCUT2D eigenvalue weighted by molar-refractivity contribution is -0.288. The Morgan fingerprint density at radius 2 is 1.75 bits per heavy atom. The van der Waals surface area contributed by atoms with Crippen molar-refractivity contribution in [3.63, 3.8) is 0 Å². The first kappa shape index (κ1) is 18.7. The second kappa shape index (κ2) is 5.23. The lowest BCUT2D eigenvalue weighted by atomic mass is 9.76. The van der Waals surface area contributed by atoms with Crippen LogP contribution in [0.4, 0.5) is 26.3 Å². The minimum Gasteiger partial charge on any atom is -0.457 e. The van der Waals surface area contributed by atoms with Gasteiger partial charge in [0.1, 0.15) is 25.2 Å². The topological polar surface area (TPSA) is 53.2 Å². The van der Waals surface area contributed by atoms with Crippen LogP contribution in [0.15, 0.2) is 30.3 Å². The van der Waals surface area contributed by atoms with Crippen LogP contribution in [0.25, 0.3) is 0 Å². The quantitative estimate of drug-likeness (QED) is 0.615. The third kappa shape index (κ3) is 2.11. The Labute approximate surface area is 155 Å². The highest BCUT2D eigenvalue weighted by Gasteiger charge is 2.80. The molecule has 0 spiro atoms. The van der Waals surface area contributed by atoms with Crippen molar-refractivity contribution in [3.8, 4) is 17.6 Å². The number of hydrogen-bond acceptors (Lipinski definition) is 3. The monoisotopic (exact) mass is 395 g/mol. The summed E-state index contributed by atoms with van der Waals surface area (Å²) in [5, 5.41) is 19.2. The van der Waals surface area contributed by atoms with Gasteiger partial charge in [-0.25, -0.2) is 8.78 Å². The summed E-state index contributed by atoms with van der Waals surface area (Å²) in [5.74, 6) is -11.5. The van der Waals surface area contributed by atoms with Gasteiger partial charge in [0, 0.05) is 29.2 Å². The zero-order valence-corrected chi connectivity index (χ0v) is 13.7. The average molecular weight is 395 g/mol. The standard InChI is InChI=1S/C18H8BF6NO2/c19-16(21)7-15(27)13-11(17(22,23)18(15,24)25)1-2-12(14(13)16)28-10-4-8(6-26)3-9(20)5-10/h1-5,27H,7H2/t15-,16+/m1/s1. The third-order valence-electron chi connectivity index (χ3n) is 4.99. The minimum atomic E-state index is -5.00. The number of nitriles is 1. The summed E-state index contributed by atoms with van der Waals surface area (Å²) in [6.45, 7) is 0. The molecule has 2 aliphatic rings. The van der Waals surface area contributed by atoms with Crippen molar-refractivity contribution in [1.29, 1.82) is 5.26 Å². The van der Waals surface area contributed by atoms with Gasteiger partial charge in [-0.2, -0.15) is 22.8 Å². The highest BCUT2D eigenvalue weighted by Crippen LogP contribution is 2.69. The summed E-state index contributed by atoms with van der Waals surface area (Å²) in [6, 6.07) is 5.80. The number of benzene rings is 2. The van der Waals surface area contributed by atoms with E-state index in [-0.39, 0.29) is 11.3 Å². The van der Waals surface area contributed by atoms with E-state index < -0.39 is 57.7 Å². The lowest BCUT2D eigenvalue weighted by Gasteiger charge is -2.32. The molecular weight excluding hydrogens is 387 g/mol. The Morgan fingerprint density at radius 1 is 1.07 bits per heavy atom. The van der Waals surface area contributed by atoms with Crippen molar-refractivity contribution >= 4 is 7.85 Å². The Balaban J connectivity index is 1.93. The van der Waals surface area contributed by atoms with Crippen molar-refractivity contribution in [2.75, 3.05) is 0 Å². The van der Waals surface area contributed by atoms with Crippen LogP contribution >= 0.6 is 0 Å². The van der Waals surface area contributed by atoms with Gasteiger partial charge in [-0.15, -0.1) is 0 Å². The lowest BCUT2D eigenvalue weighted by Crippen LogP contribution is -2.49. The van der Waals surface area contributed by atoms with Gasteiger partial charge in [-0.1, -0.05) is 0 Å². The maximum Gasteiger partial charge on any atom is 0.346 e. The Morgan fingerprint density at radius 3 is 2.39 bits per heavy atom. The van der Waals surface area contributed by atoms with Crippen LogP contribution in [-0.2, 0) is 17.1 Å². The molecule has 10 heteroatoms. The summed E-state index contributed by atoms with van der Waals surface area (Å²) >= 11 is 0. The molecule has 2 aliphatic carbocycles. The highest BCUT2D eigenvalue weighted by atomic mass is 19.3. The fourth-order valence-electron chi connectivity index (χ4n) is 3.83. The van der Waals surface area contributed by atoms with Crippen molar-refractivity contribution < 1.29 is 36.2 Å². The molecule has 0 fully saturated rings. The molecule has 142 valence electrons. The summed E-state index contributed by atoms with van der Waals surface area (Å²) in [5.41, 5.74) is -9.97. The van der Waals surface area contributed by atoms with Crippen LogP contribution < -0.4 is 4.74 Å². The van der Waals surface area contributed by atoms with E-state index in [1.54, 1.807) is 6.07 Å². The van der Waals surface area contributed by atoms with E-state index in [1.165, 1.54) is 0 Å². The van der Waals surface area contributed by atoms with E-state index in [0.29, 0.717) is 6.07 Å². The molecule has 0 bridgehead atoms. The molecule has 2 aromatic rings. The van der Waals surface area contributed by atoms with E-state index in [0.717, 1.165) is 24.3 Å². The molecule has 0 aliphatic heterocycles. The zero-order chi connectivity index (χ0) is 20.7. The van der Waals surface area contributed by atoms with E-state index >= 15 is 0 Å². The largest absolute Gasteiger partial charge is 0.457 e. The number of aliphatic hydroxyl groups is 1. The third-order valence-corrected chi connectivity index (χ3v) is 4.99. The fraction of sp³-hybridized carbons (Fsp3) is 0.278. The molecule has 2 radical (unpaired) electrons. The maximum atomic E-state index is 14.9. The molecule has 28 heavy (non-hydrogen) atoms. The molecule has 0 saturated carbocycles. The molecule has 0 unspecified atom stereocenters. The summed E-state index contributed by atoms with van der Waals surface area (Å²) in [4.78, 5) is 0. The molecule has 1 N–H and O–H groups in total. The second-order valence-electron chi connectivity index (χ2n) is 6.80. The molecule has 2 atom stereocenters.